The molecule has 0 unspecified atom stereocenters. The fourth-order valence-electron chi connectivity index (χ4n) is 2.64. The van der Waals surface area contributed by atoms with E-state index >= 15 is 0 Å². The van der Waals surface area contributed by atoms with Crippen molar-refractivity contribution < 1.29 is 0 Å². The van der Waals surface area contributed by atoms with Crippen molar-refractivity contribution in [3.05, 3.63) is 54.1 Å². The molecule has 0 aromatic heterocycles. The zero-order valence-electron chi connectivity index (χ0n) is 12.1. The highest BCUT2D eigenvalue weighted by Gasteiger charge is 2.08. The lowest BCUT2D eigenvalue weighted by Gasteiger charge is -2.14. The van der Waals surface area contributed by atoms with Crippen molar-refractivity contribution in [2.24, 2.45) is 0 Å². The van der Waals surface area contributed by atoms with Crippen LogP contribution in [0, 0.1) is 6.92 Å². The Bertz CT molecular complexity index is 698. The Balaban J connectivity index is 0.000000637. The summed E-state index contributed by atoms with van der Waals surface area (Å²) in [4.78, 5) is 0. The van der Waals surface area contributed by atoms with Crippen molar-refractivity contribution >= 4 is 27.2 Å². The van der Waals surface area contributed by atoms with Crippen LogP contribution < -0.4 is 5.32 Å². The van der Waals surface area contributed by atoms with Gasteiger partial charge in [-0.15, -0.1) is 0 Å². The zero-order valence-corrected chi connectivity index (χ0v) is 12.1. The Hall–Kier alpha value is -2.02. The number of benzene rings is 3. The second-order valence-electron chi connectivity index (χ2n) is 4.34. The summed E-state index contributed by atoms with van der Waals surface area (Å²) in [6.07, 6.45) is 0. The Kier molecular flexibility index (Phi) is 4.06. The van der Waals surface area contributed by atoms with E-state index in [9.17, 15) is 0 Å². The second kappa shape index (κ2) is 5.75. The van der Waals surface area contributed by atoms with E-state index < -0.39 is 0 Å². The maximum absolute atomic E-state index is 3.33. The lowest BCUT2D eigenvalue weighted by atomic mass is 9.96. The van der Waals surface area contributed by atoms with Gasteiger partial charge >= 0.3 is 0 Å². The highest BCUT2D eigenvalue weighted by atomic mass is 14.8. The first kappa shape index (κ1) is 13.4. The number of fused-ring (bicyclic) bond motifs is 3. The van der Waals surface area contributed by atoms with E-state index in [2.05, 4.69) is 60.8 Å². The van der Waals surface area contributed by atoms with Crippen molar-refractivity contribution in [2.75, 3.05) is 12.4 Å². The maximum atomic E-state index is 3.33. The number of nitrogens with one attached hydrogen (secondary N) is 1. The van der Waals surface area contributed by atoms with Crippen LogP contribution in [-0.2, 0) is 0 Å². The maximum Gasteiger partial charge on any atom is 0.0453 e. The minimum Gasteiger partial charge on any atom is -0.387 e. The third-order valence-electron chi connectivity index (χ3n) is 3.44. The van der Waals surface area contributed by atoms with Gasteiger partial charge in [0.1, 0.15) is 0 Å². The van der Waals surface area contributed by atoms with Gasteiger partial charge in [-0.2, -0.15) is 0 Å². The molecule has 0 fully saturated rings. The third kappa shape index (κ3) is 2.17. The minimum absolute atomic E-state index is 1.24. The number of hydrogen-bond acceptors (Lipinski definition) is 1. The quantitative estimate of drug-likeness (QED) is 0.573. The molecule has 0 bridgehead atoms. The molecule has 1 heteroatoms. The van der Waals surface area contributed by atoms with Gasteiger partial charge in [0.05, 0.1) is 0 Å². The van der Waals surface area contributed by atoms with Crippen LogP contribution in [0.2, 0.25) is 0 Å². The van der Waals surface area contributed by atoms with Crippen LogP contribution in [-0.4, -0.2) is 7.05 Å². The lowest BCUT2D eigenvalue weighted by molar-refractivity contribution is 1.46. The SMILES string of the molecule is CC.CNc1c(C)c2ccccc2c2ccccc12. The molecule has 0 aliphatic heterocycles. The van der Waals surface area contributed by atoms with Crippen LogP contribution in [0.5, 0.6) is 0 Å². The molecule has 3 aromatic rings. The zero-order chi connectivity index (χ0) is 13.8. The van der Waals surface area contributed by atoms with E-state index in [4.69, 9.17) is 0 Å². The summed E-state index contributed by atoms with van der Waals surface area (Å²) in [7, 11) is 1.99. The molecule has 0 amide bonds. The normalized spacial score (nSPS) is 10.1. The molecule has 0 spiro atoms. The molecule has 0 saturated heterocycles. The van der Waals surface area contributed by atoms with Gasteiger partial charge in [0, 0.05) is 18.1 Å². The van der Waals surface area contributed by atoms with E-state index in [-0.39, 0.29) is 0 Å². The van der Waals surface area contributed by atoms with Gasteiger partial charge in [0.15, 0.2) is 0 Å². The Morgan fingerprint density at radius 1 is 0.684 bits per heavy atom. The lowest BCUT2D eigenvalue weighted by Crippen LogP contribution is -1.94. The predicted octanol–water partition coefficient (Wildman–Crippen LogP) is 5.37. The van der Waals surface area contributed by atoms with E-state index in [1.54, 1.807) is 0 Å². The van der Waals surface area contributed by atoms with Gasteiger partial charge in [-0.3, -0.25) is 0 Å². The van der Waals surface area contributed by atoms with E-state index in [0.717, 1.165) is 0 Å². The standard InChI is InChI=1S/C16H15N.C2H6/c1-11-12-7-3-4-8-13(12)14-9-5-6-10-15(14)16(11)17-2;1-2/h3-10,17H,1-2H3;1-2H3. The van der Waals surface area contributed by atoms with Gasteiger partial charge < -0.3 is 5.32 Å². The molecule has 0 radical (unpaired) electrons. The van der Waals surface area contributed by atoms with Crippen molar-refractivity contribution in [3.8, 4) is 0 Å². The largest absolute Gasteiger partial charge is 0.387 e. The number of hydrogen-bond donors (Lipinski definition) is 1. The van der Waals surface area contributed by atoms with Crippen molar-refractivity contribution in [1.82, 2.24) is 0 Å². The summed E-state index contributed by atoms with van der Waals surface area (Å²) >= 11 is 0. The predicted molar refractivity (Wildman–Crippen MR) is 87.1 cm³/mol. The summed E-state index contributed by atoms with van der Waals surface area (Å²) < 4.78 is 0. The molecule has 98 valence electrons. The summed E-state index contributed by atoms with van der Waals surface area (Å²) in [6.45, 7) is 6.18. The second-order valence-corrected chi connectivity index (χ2v) is 4.34. The molecule has 0 heterocycles. The number of aryl methyl sites for hydroxylation is 1. The summed E-state index contributed by atoms with van der Waals surface area (Å²) in [5, 5.41) is 8.61. The molecule has 3 aromatic carbocycles. The average Bonchev–Trinajstić information content (AvgIpc) is 2.50. The van der Waals surface area contributed by atoms with Gasteiger partial charge in [-0.25, -0.2) is 0 Å². The van der Waals surface area contributed by atoms with Crippen molar-refractivity contribution in [3.63, 3.8) is 0 Å². The monoisotopic (exact) mass is 251 g/mol. The molecule has 0 saturated carbocycles. The minimum atomic E-state index is 1.24. The van der Waals surface area contributed by atoms with Crippen LogP contribution in [0.1, 0.15) is 19.4 Å². The highest BCUT2D eigenvalue weighted by molar-refractivity contribution is 6.14. The van der Waals surface area contributed by atoms with Crippen LogP contribution in [0.3, 0.4) is 0 Å². The van der Waals surface area contributed by atoms with Gasteiger partial charge in [0.2, 0.25) is 0 Å². The Labute approximate surface area is 115 Å². The molecule has 1 nitrogen and oxygen atoms in total. The van der Waals surface area contributed by atoms with Gasteiger partial charge in [-0.1, -0.05) is 62.4 Å². The van der Waals surface area contributed by atoms with Gasteiger partial charge in [0.25, 0.3) is 0 Å². The molecule has 0 atom stereocenters. The molecule has 1 N–H and O–H groups in total. The summed E-state index contributed by atoms with van der Waals surface area (Å²) in [5.74, 6) is 0. The third-order valence-corrected chi connectivity index (χ3v) is 3.44. The first-order chi connectivity index (χ1) is 9.33. The molecular formula is C18H21N. The highest BCUT2D eigenvalue weighted by Crippen LogP contribution is 2.35. The number of rotatable bonds is 1. The van der Waals surface area contributed by atoms with Gasteiger partial charge in [-0.05, 0) is 28.6 Å². The fraction of sp³-hybridized carbons (Fsp3) is 0.222. The molecule has 0 aliphatic carbocycles. The molecule has 0 aliphatic rings. The Morgan fingerprint density at radius 3 is 1.63 bits per heavy atom. The van der Waals surface area contributed by atoms with E-state index in [1.807, 2.05) is 20.9 Å². The fourth-order valence-corrected chi connectivity index (χ4v) is 2.64. The smallest absolute Gasteiger partial charge is 0.0453 e. The summed E-state index contributed by atoms with van der Waals surface area (Å²) in [5.41, 5.74) is 2.56. The van der Waals surface area contributed by atoms with Crippen LogP contribution >= 0.6 is 0 Å². The Morgan fingerprint density at radius 2 is 1.11 bits per heavy atom. The first-order valence-corrected chi connectivity index (χ1v) is 6.90. The van der Waals surface area contributed by atoms with Crippen LogP contribution in [0.4, 0.5) is 5.69 Å². The van der Waals surface area contributed by atoms with Crippen molar-refractivity contribution in [2.45, 2.75) is 20.8 Å². The van der Waals surface area contributed by atoms with E-state index in [0.29, 0.717) is 0 Å². The van der Waals surface area contributed by atoms with E-state index in [1.165, 1.54) is 32.8 Å². The van der Waals surface area contributed by atoms with Crippen LogP contribution in [0.15, 0.2) is 48.5 Å². The summed E-state index contributed by atoms with van der Waals surface area (Å²) in [6, 6.07) is 17.2. The average molecular weight is 251 g/mol. The van der Waals surface area contributed by atoms with Crippen molar-refractivity contribution in [1.29, 1.82) is 0 Å². The molecule has 3 rings (SSSR count). The topological polar surface area (TPSA) is 12.0 Å². The van der Waals surface area contributed by atoms with Crippen LogP contribution in [0.25, 0.3) is 21.5 Å². The molecule has 19 heavy (non-hydrogen) atoms. The first-order valence-electron chi connectivity index (χ1n) is 6.90. The number of anilines is 1. The molecular weight excluding hydrogens is 230 g/mol.